The van der Waals surface area contributed by atoms with E-state index in [9.17, 15) is 0 Å². The van der Waals surface area contributed by atoms with E-state index in [2.05, 4.69) is 71.7 Å². The van der Waals surface area contributed by atoms with Gasteiger partial charge < -0.3 is 20.4 Å². The largest absolute Gasteiger partial charge is 0.372 e. The molecule has 146 valence electrons. The van der Waals surface area contributed by atoms with E-state index < -0.39 is 0 Å². The number of aliphatic imine (C=N–C) groups is 1. The van der Waals surface area contributed by atoms with Gasteiger partial charge in [-0.3, -0.25) is 4.99 Å². The van der Waals surface area contributed by atoms with Crippen LogP contribution in [0.3, 0.4) is 0 Å². The molecule has 5 nitrogen and oxygen atoms in total. The normalized spacial score (nSPS) is 18.6. The predicted molar refractivity (Wildman–Crippen MR) is 113 cm³/mol. The number of piperidine rings is 1. The van der Waals surface area contributed by atoms with Crippen molar-refractivity contribution < 1.29 is 0 Å². The lowest BCUT2D eigenvalue weighted by Gasteiger charge is -2.28. The molecule has 0 aliphatic carbocycles. The maximum Gasteiger partial charge on any atom is 0.191 e. The van der Waals surface area contributed by atoms with E-state index in [0.717, 1.165) is 45.1 Å². The predicted octanol–water partition coefficient (Wildman–Crippen LogP) is 2.80. The molecule has 0 radical (unpaired) electrons. The van der Waals surface area contributed by atoms with Gasteiger partial charge in [-0.2, -0.15) is 0 Å². The molecule has 0 amide bonds. The molecule has 1 aromatic carbocycles. The topological polar surface area (TPSA) is 42.9 Å². The van der Waals surface area contributed by atoms with Crippen molar-refractivity contribution in [1.29, 1.82) is 0 Å². The summed E-state index contributed by atoms with van der Waals surface area (Å²) >= 11 is 0. The molecule has 1 heterocycles. The van der Waals surface area contributed by atoms with Gasteiger partial charge in [0.15, 0.2) is 5.96 Å². The molecule has 0 bridgehead atoms. The second kappa shape index (κ2) is 11.8. The Hall–Kier alpha value is -1.75. The maximum atomic E-state index is 4.82. The van der Waals surface area contributed by atoms with Crippen molar-refractivity contribution >= 4 is 11.6 Å². The quantitative estimate of drug-likeness (QED) is 0.404. The van der Waals surface area contributed by atoms with Gasteiger partial charge in [0.05, 0.1) is 0 Å². The van der Waals surface area contributed by atoms with Crippen LogP contribution >= 0.6 is 0 Å². The Morgan fingerprint density at radius 3 is 2.73 bits per heavy atom. The maximum absolute atomic E-state index is 4.82. The molecule has 1 fully saturated rings. The lowest BCUT2D eigenvalue weighted by atomic mass is 9.99. The number of nitrogens with zero attached hydrogens (tertiary/aromatic N) is 3. The highest BCUT2D eigenvalue weighted by atomic mass is 15.2. The van der Waals surface area contributed by atoms with E-state index >= 15 is 0 Å². The summed E-state index contributed by atoms with van der Waals surface area (Å²) in [5, 5.41) is 6.88. The van der Waals surface area contributed by atoms with Crippen LogP contribution in [0.25, 0.3) is 0 Å². The summed E-state index contributed by atoms with van der Waals surface area (Å²) in [5.41, 5.74) is 1.30. The van der Waals surface area contributed by atoms with Crippen molar-refractivity contribution in [2.24, 2.45) is 10.9 Å². The summed E-state index contributed by atoms with van der Waals surface area (Å²) in [6.07, 6.45) is 3.70. The Morgan fingerprint density at radius 1 is 1.23 bits per heavy atom. The molecular formula is C21H37N5. The Balaban J connectivity index is 1.74. The van der Waals surface area contributed by atoms with Gasteiger partial charge in [0.25, 0.3) is 0 Å². The Bertz CT molecular complexity index is 516. The standard InChI is InChI=1S/C21H37N5/c1-4-22-21(24-17-19-11-9-15-25(3)18-19)23-14-10-16-26(5-2)20-12-7-6-8-13-20/h6-8,12-13,19H,4-5,9-11,14-18H2,1-3H3,(H2,22,23,24). The third-order valence-electron chi connectivity index (χ3n) is 4.97. The van der Waals surface area contributed by atoms with Crippen LogP contribution in [-0.2, 0) is 0 Å². The van der Waals surface area contributed by atoms with Crippen LogP contribution in [0, 0.1) is 5.92 Å². The molecule has 1 atom stereocenters. The van der Waals surface area contributed by atoms with Gasteiger partial charge in [-0.25, -0.2) is 0 Å². The van der Waals surface area contributed by atoms with Gasteiger partial charge in [-0.15, -0.1) is 0 Å². The van der Waals surface area contributed by atoms with Crippen LogP contribution in [0.4, 0.5) is 5.69 Å². The summed E-state index contributed by atoms with van der Waals surface area (Å²) in [4.78, 5) is 9.66. The fourth-order valence-corrected chi connectivity index (χ4v) is 3.57. The van der Waals surface area contributed by atoms with Crippen molar-refractivity contribution in [1.82, 2.24) is 15.5 Å². The Kier molecular flexibility index (Phi) is 9.32. The number of hydrogen-bond acceptors (Lipinski definition) is 3. The van der Waals surface area contributed by atoms with E-state index in [4.69, 9.17) is 4.99 Å². The number of rotatable bonds is 9. The van der Waals surface area contributed by atoms with E-state index in [-0.39, 0.29) is 0 Å². The molecule has 1 saturated heterocycles. The van der Waals surface area contributed by atoms with Crippen LogP contribution in [0.15, 0.2) is 35.3 Å². The number of likely N-dealkylation sites (tertiary alicyclic amines) is 1. The average molecular weight is 360 g/mol. The summed E-state index contributed by atoms with van der Waals surface area (Å²) < 4.78 is 0. The van der Waals surface area contributed by atoms with Gasteiger partial charge in [0.2, 0.25) is 0 Å². The van der Waals surface area contributed by atoms with Crippen molar-refractivity contribution in [3.63, 3.8) is 0 Å². The second-order valence-electron chi connectivity index (χ2n) is 7.19. The SMILES string of the molecule is CCNC(=NCC1CCCN(C)C1)NCCCN(CC)c1ccccc1. The van der Waals surface area contributed by atoms with Gasteiger partial charge in [0.1, 0.15) is 0 Å². The second-order valence-corrected chi connectivity index (χ2v) is 7.19. The smallest absolute Gasteiger partial charge is 0.191 e. The van der Waals surface area contributed by atoms with Crippen molar-refractivity contribution in [2.75, 3.05) is 57.8 Å². The lowest BCUT2D eigenvalue weighted by Crippen LogP contribution is -2.40. The van der Waals surface area contributed by atoms with E-state index in [1.54, 1.807) is 0 Å². The minimum Gasteiger partial charge on any atom is -0.372 e. The first-order chi connectivity index (χ1) is 12.7. The molecule has 0 aromatic heterocycles. The zero-order chi connectivity index (χ0) is 18.6. The summed E-state index contributed by atoms with van der Waals surface area (Å²) in [6, 6.07) is 10.7. The number of benzene rings is 1. The zero-order valence-corrected chi connectivity index (χ0v) is 16.9. The molecule has 2 rings (SSSR count). The van der Waals surface area contributed by atoms with Crippen LogP contribution in [0.5, 0.6) is 0 Å². The van der Waals surface area contributed by atoms with Gasteiger partial charge in [0, 0.05) is 45.0 Å². The molecular weight excluding hydrogens is 322 g/mol. The van der Waals surface area contributed by atoms with Crippen molar-refractivity contribution in [3.8, 4) is 0 Å². The molecule has 1 aliphatic heterocycles. The Labute approximate surface area is 159 Å². The molecule has 2 N–H and O–H groups in total. The highest BCUT2D eigenvalue weighted by molar-refractivity contribution is 5.79. The molecule has 5 heteroatoms. The molecule has 1 aromatic rings. The van der Waals surface area contributed by atoms with Crippen LogP contribution in [0.1, 0.15) is 33.1 Å². The van der Waals surface area contributed by atoms with E-state index in [1.165, 1.54) is 31.6 Å². The minimum atomic E-state index is 0.692. The monoisotopic (exact) mass is 359 g/mol. The number of hydrogen-bond donors (Lipinski definition) is 2. The molecule has 26 heavy (non-hydrogen) atoms. The molecule has 1 aliphatic rings. The number of anilines is 1. The number of guanidine groups is 1. The third-order valence-corrected chi connectivity index (χ3v) is 4.97. The average Bonchev–Trinajstić information content (AvgIpc) is 2.67. The van der Waals surface area contributed by atoms with E-state index in [1.807, 2.05) is 0 Å². The van der Waals surface area contributed by atoms with Crippen molar-refractivity contribution in [3.05, 3.63) is 30.3 Å². The summed E-state index contributed by atoms with van der Waals surface area (Å²) in [5.74, 6) is 1.65. The van der Waals surface area contributed by atoms with Crippen molar-refractivity contribution in [2.45, 2.75) is 33.1 Å². The molecule has 0 spiro atoms. The minimum absolute atomic E-state index is 0.692. The molecule has 0 saturated carbocycles. The highest BCUT2D eigenvalue weighted by Gasteiger charge is 2.16. The highest BCUT2D eigenvalue weighted by Crippen LogP contribution is 2.15. The van der Waals surface area contributed by atoms with E-state index in [0.29, 0.717) is 5.92 Å². The van der Waals surface area contributed by atoms with Gasteiger partial charge in [-0.05, 0) is 64.8 Å². The van der Waals surface area contributed by atoms with Gasteiger partial charge in [-0.1, -0.05) is 18.2 Å². The fourth-order valence-electron chi connectivity index (χ4n) is 3.57. The first kappa shape index (κ1) is 20.6. The third kappa shape index (κ3) is 7.24. The summed E-state index contributed by atoms with van der Waals surface area (Å²) in [6.45, 7) is 11.6. The zero-order valence-electron chi connectivity index (χ0n) is 16.9. The number of para-hydroxylation sites is 1. The first-order valence-electron chi connectivity index (χ1n) is 10.2. The van der Waals surface area contributed by atoms with Gasteiger partial charge >= 0.3 is 0 Å². The molecule has 1 unspecified atom stereocenters. The van der Waals surface area contributed by atoms with Crippen LogP contribution < -0.4 is 15.5 Å². The fraction of sp³-hybridized carbons (Fsp3) is 0.667. The number of nitrogens with one attached hydrogen (secondary N) is 2. The lowest BCUT2D eigenvalue weighted by molar-refractivity contribution is 0.214. The first-order valence-corrected chi connectivity index (χ1v) is 10.2. The van der Waals surface area contributed by atoms with Crippen LogP contribution in [0.2, 0.25) is 0 Å². The Morgan fingerprint density at radius 2 is 2.04 bits per heavy atom. The van der Waals surface area contributed by atoms with Crippen LogP contribution in [-0.4, -0.2) is 63.7 Å². The summed E-state index contributed by atoms with van der Waals surface area (Å²) in [7, 11) is 2.21.